The van der Waals surface area contributed by atoms with E-state index in [1.165, 1.54) is 0 Å². The average molecular weight is 458 g/mol. The molecule has 7 heteroatoms. The van der Waals surface area contributed by atoms with Gasteiger partial charge >= 0.3 is 0 Å². The van der Waals surface area contributed by atoms with E-state index < -0.39 is 0 Å². The van der Waals surface area contributed by atoms with E-state index in [-0.39, 0.29) is 18.9 Å². The number of ether oxygens (including phenoxy) is 3. The van der Waals surface area contributed by atoms with E-state index in [1.807, 2.05) is 62.4 Å². The molecule has 0 aromatic heterocycles. The summed E-state index contributed by atoms with van der Waals surface area (Å²) in [6, 6.07) is 22.2. The third kappa shape index (κ3) is 7.10. The van der Waals surface area contributed by atoms with E-state index in [1.54, 1.807) is 24.4 Å². The van der Waals surface area contributed by atoms with Crippen LogP contribution in [0.25, 0.3) is 0 Å². The zero-order valence-corrected chi connectivity index (χ0v) is 19.3. The molecule has 0 saturated heterocycles. The van der Waals surface area contributed by atoms with Crippen LogP contribution in [-0.4, -0.2) is 25.3 Å². The predicted molar refractivity (Wildman–Crippen MR) is 130 cm³/mol. The molecule has 1 N–H and O–H groups in total. The number of nitriles is 1. The summed E-state index contributed by atoms with van der Waals surface area (Å²) in [4.78, 5) is 12.2. The number of amides is 1. The Morgan fingerprint density at radius 3 is 2.47 bits per heavy atom. The highest BCUT2D eigenvalue weighted by molar-refractivity contribution is 5.84. The van der Waals surface area contributed by atoms with Gasteiger partial charge in [-0.1, -0.05) is 30.3 Å². The molecule has 0 radical (unpaired) electrons. The summed E-state index contributed by atoms with van der Waals surface area (Å²) >= 11 is 0. The van der Waals surface area contributed by atoms with Crippen molar-refractivity contribution in [2.45, 2.75) is 26.9 Å². The SMILES string of the molecule is CCOc1ccc(CC(=O)N/N=C\c2ccc(OCc3ccccc3C#N)c(OCC)c2)cc1. The molecule has 174 valence electrons. The first-order chi connectivity index (χ1) is 16.6. The molecule has 34 heavy (non-hydrogen) atoms. The molecule has 0 bridgehead atoms. The molecule has 0 heterocycles. The summed E-state index contributed by atoms with van der Waals surface area (Å²) < 4.78 is 17.0. The minimum atomic E-state index is -0.221. The van der Waals surface area contributed by atoms with E-state index in [0.29, 0.717) is 30.3 Å². The Balaban J connectivity index is 1.59. The molecule has 0 unspecified atom stereocenters. The number of carbonyl (C=O) groups is 1. The Hall–Kier alpha value is -4.31. The third-order valence-corrected chi connectivity index (χ3v) is 4.79. The molecular formula is C27H27N3O4. The Bertz CT molecular complexity index is 1170. The van der Waals surface area contributed by atoms with Gasteiger partial charge in [0.15, 0.2) is 11.5 Å². The van der Waals surface area contributed by atoms with Gasteiger partial charge in [-0.2, -0.15) is 10.4 Å². The van der Waals surface area contributed by atoms with Crippen LogP contribution in [0.4, 0.5) is 0 Å². The lowest BCUT2D eigenvalue weighted by molar-refractivity contribution is -0.120. The van der Waals surface area contributed by atoms with Crippen LogP contribution in [0, 0.1) is 11.3 Å². The molecule has 3 aromatic carbocycles. The second kappa shape index (κ2) is 12.7. The number of nitrogens with zero attached hydrogens (tertiary/aromatic N) is 2. The normalized spacial score (nSPS) is 10.5. The first-order valence-corrected chi connectivity index (χ1v) is 11.0. The standard InChI is InChI=1S/C27H27N3O4/c1-3-32-24-12-9-20(10-13-24)16-27(31)30-29-18-21-11-14-25(26(15-21)33-4-2)34-19-23-8-6-5-7-22(23)17-28/h5-15,18H,3-4,16,19H2,1-2H3,(H,30,31)/b29-18-. The molecule has 7 nitrogen and oxygen atoms in total. The van der Waals surface area contributed by atoms with Crippen LogP contribution in [0.1, 0.15) is 36.1 Å². The fraction of sp³-hybridized carbons (Fsp3) is 0.222. The first-order valence-electron chi connectivity index (χ1n) is 11.0. The molecule has 0 aliphatic rings. The molecule has 0 aliphatic heterocycles. The van der Waals surface area contributed by atoms with Gasteiger partial charge in [-0.3, -0.25) is 4.79 Å². The van der Waals surface area contributed by atoms with Gasteiger partial charge in [0.25, 0.3) is 0 Å². The number of hydrogen-bond donors (Lipinski definition) is 1. The molecule has 1 amide bonds. The summed E-state index contributed by atoms with van der Waals surface area (Å²) in [5.41, 5.74) is 5.53. The topological polar surface area (TPSA) is 92.9 Å². The summed E-state index contributed by atoms with van der Waals surface area (Å²) in [6.07, 6.45) is 1.76. The van der Waals surface area contributed by atoms with Gasteiger partial charge in [-0.15, -0.1) is 0 Å². The van der Waals surface area contributed by atoms with Crippen molar-refractivity contribution in [2.75, 3.05) is 13.2 Å². The molecule has 0 fully saturated rings. The van der Waals surface area contributed by atoms with Gasteiger partial charge in [0.2, 0.25) is 5.91 Å². The van der Waals surface area contributed by atoms with Crippen molar-refractivity contribution in [1.29, 1.82) is 5.26 Å². The van der Waals surface area contributed by atoms with Crippen molar-refractivity contribution < 1.29 is 19.0 Å². The monoisotopic (exact) mass is 457 g/mol. The van der Waals surface area contributed by atoms with Crippen molar-refractivity contribution in [3.63, 3.8) is 0 Å². The maximum absolute atomic E-state index is 12.2. The van der Waals surface area contributed by atoms with Gasteiger partial charge in [-0.25, -0.2) is 5.43 Å². The number of hydrazone groups is 1. The zero-order valence-electron chi connectivity index (χ0n) is 19.3. The summed E-state index contributed by atoms with van der Waals surface area (Å²) in [7, 11) is 0. The molecule has 3 rings (SSSR count). The summed E-state index contributed by atoms with van der Waals surface area (Å²) in [6.45, 7) is 5.12. The van der Waals surface area contributed by atoms with Gasteiger partial charge in [-0.05, 0) is 61.4 Å². The van der Waals surface area contributed by atoms with Crippen molar-refractivity contribution in [3.05, 3.63) is 89.0 Å². The van der Waals surface area contributed by atoms with Crippen LogP contribution >= 0.6 is 0 Å². The quantitative estimate of drug-likeness (QED) is 0.335. The van der Waals surface area contributed by atoms with E-state index in [2.05, 4.69) is 16.6 Å². The largest absolute Gasteiger partial charge is 0.494 e. The van der Waals surface area contributed by atoms with Crippen LogP contribution in [0.2, 0.25) is 0 Å². The van der Waals surface area contributed by atoms with Gasteiger partial charge in [0, 0.05) is 5.56 Å². The first kappa shape index (κ1) is 24.3. The Morgan fingerprint density at radius 2 is 1.74 bits per heavy atom. The van der Waals surface area contributed by atoms with Crippen LogP contribution in [0.15, 0.2) is 71.8 Å². The van der Waals surface area contributed by atoms with E-state index in [9.17, 15) is 10.1 Å². The lowest BCUT2D eigenvalue weighted by Crippen LogP contribution is -2.19. The Morgan fingerprint density at radius 1 is 0.971 bits per heavy atom. The Kier molecular flexibility index (Phi) is 9.06. The lowest BCUT2D eigenvalue weighted by Gasteiger charge is -2.13. The van der Waals surface area contributed by atoms with E-state index in [4.69, 9.17) is 14.2 Å². The number of hydrogen-bond acceptors (Lipinski definition) is 6. The number of benzene rings is 3. The molecule has 0 atom stereocenters. The highest BCUT2D eigenvalue weighted by Crippen LogP contribution is 2.29. The minimum Gasteiger partial charge on any atom is -0.494 e. The molecular weight excluding hydrogens is 430 g/mol. The fourth-order valence-electron chi connectivity index (χ4n) is 3.18. The second-order valence-electron chi connectivity index (χ2n) is 7.24. The smallest absolute Gasteiger partial charge is 0.244 e. The lowest BCUT2D eigenvalue weighted by atomic mass is 10.1. The van der Waals surface area contributed by atoms with Crippen LogP contribution in [0.3, 0.4) is 0 Å². The molecule has 0 spiro atoms. The number of nitrogens with one attached hydrogen (secondary N) is 1. The number of carbonyl (C=O) groups excluding carboxylic acids is 1. The van der Waals surface area contributed by atoms with Crippen LogP contribution in [-0.2, 0) is 17.8 Å². The maximum Gasteiger partial charge on any atom is 0.244 e. The fourth-order valence-corrected chi connectivity index (χ4v) is 3.18. The van der Waals surface area contributed by atoms with Gasteiger partial charge < -0.3 is 14.2 Å². The maximum atomic E-state index is 12.2. The second-order valence-corrected chi connectivity index (χ2v) is 7.24. The van der Waals surface area contributed by atoms with E-state index >= 15 is 0 Å². The van der Waals surface area contributed by atoms with Gasteiger partial charge in [0.1, 0.15) is 12.4 Å². The minimum absolute atomic E-state index is 0.213. The molecule has 0 saturated carbocycles. The highest BCUT2D eigenvalue weighted by atomic mass is 16.5. The third-order valence-electron chi connectivity index (χ3n) is 4.79. The van der Waals surface area contributed by atoms with Crippen molar-refractivity contribution in [3.8, 4) is 23.3 Å². The molecule has 3 aromatic rings. The number of rotatable bonds is 11. The zero-order chi connectivity index (χ0) is 24.2. The van der Waals surface area contributed by atoms with Crippen molar-refractivity contribution >= 4 is 12.1 Å². The predicted octanol–water partition coefficient (Wildman–Crippen LogP) is 4.63. The average Bonchev–Trinajstić information content (AvgIpc) is 2.85. The highest BCUT2D eigenvalue weighted by Gasteiger charge is 2.09. The summed E-state index contributed by atoms with van der Waals surface area (Å²) in [5, 5.41) is 13.3. The van der Waals surface area contributed by atoms with Crippen LogP contribution in [0.5, 0.6) is 17.2 Å². The van der Waals surface area contributed by atoms with Crippen molar-refractivity contribution in [1.82, 2.24) is 5.43 Å². The van der Waals surface area contributed by atoms with Gasteiger partial charge in [0.05, 0.1) is 37.5 Å². The van der Waals surface area contributed by atoms with Crippen molar-refractivity contribution in [2.24, 2.45) is 5.10 Å². The Labute approximate surface area is 199 Å². The van der Waals surface area contributed by atoms with Crippen LogP contribution < -0.4 is 19.6 Å². The van der Waals surface area contributed by atoms with E-state index in [0.717, 1.165) is 22.4 Å². The summed E-state index contributed by atoms with van der Waals surface area (Å²) in [5.74, 6) is 1.67. The molecule has 0 aliphatic carbocycles.